The molecule has 2 rings (SSSR count). The average molecular weight is 264 g/mol. The minimum atomic E-state index is -3.99. The normalized spacial score (nSPS) is 25.3. The molecule has 0 radical (unpaired) electrons. The number of nitrogens with zero attached hydrogens (tertiary/aromatic N) is 1. The standard InChI is InChI=1S/C13H23F3N2/c1-10(8-17-12-2-3-12)9-18-6-4-11(5-7-18)13(14,15)16/h10-12,17H,2-9H2,1H3. The van der Waals surface area contributed by atoms with Crippen molar-refractivity contribution in [2.75, 3.05) is 26.2 Å². The topological polar surface area (TPSA) is 15.3 Å². The van der Waals surface area contributed by atoms with Gasteiger partial charge < -0.3 is 10.2 Å². The van der Waals surface area contributed by atoms with E-state index in [4.69, 9.17) is 0 Å². The van der Waals surface area contributed by atoms with Gasteiger partial charge in [-0.05, 0) is 51.2 Å². The van der Waals surface area contributed by atoms with Crippen LogP contribution in [0.2, 0.25) is 0 Å². The lowest BCUT2D eigenvalue weighted by atomic mass is 9.95. The molecule has 0 bridgehead atoms. The van der Waals surface area contributed by atoms with Crippen molar-refractivity contribution >= 4 is 0 Å². The van der Waals surface area contributed by atoms with E-state index in [1.54, 1.807) is 0 Å². The van der Waals surface area contributed by atoms with Crippen molar-refractivity contribution in [1.82, 2.24) is 10.2 Å². The first-order chi connectivity index (χ1) is 8.45. The van der Waals surface area contributed by atoms with Gasteiger partial charge in [-0.3, -0.25) is 0 Å². The zero-order chi connectivity index (χ0) is 13.2. The maximum Gasteiger partial charge on any atom is 0.391 e. The van der Waals surface area contributed by atoms with Gasteiger partial charge >= 0.3 is 6.18 Å². The van der Waals surface area contributed by atoms with Gasteiger partial charge in [0.2, 0.25) is 0 Å². The molecular weight excluding hydrogens is 241 g/mol. The van der Waals surface area contributed by atoms with Crippen LogP contribution in [0.3, 0.4) is 0 Å². The largest absolute Gasteiger partial charge is 0.391 e. The Morgan fingerprint density at radius 1 is 1.17 bits per heavy atom. The summed E-state index contributed by atoms with van der Waals surface area (Å²) < 4.78 is 37.6. The average Bonchev–Trinajstić information content (AvgIpc) is 3.09. The van der Waals surface area contributed by atoms with E-state index in [1.807, 2.05) is 0 Å². The molecule has 0 spiro atoms. The van der Waals surface area contributed by atoms with Crippen molar-refractivity contribution < 1.29 is 13.2 Å². The number of piperidine rings is 1. The number of halogens is 3. The summed E-state index contributed by atoms with van der Waals surface area (Å²) in [5.41, 5.74) is 0. The zero-order valence-electron chi connectivity index (χ0n) is 11.0. The number of hydrogen-bond donors (Lipinski definition) is 1. The molecule has 2 fully saturated rings. The summed E-state index contributed by atoms with van der Waals surface area (Å²) in [6.07, 6.45) is -0.892. The summed E-state index contributed by atoms with van der Waals surface area (Å²) in [6, 6.07) is 0.711. The van der Waals surface area contributed by atoms with Gasteiger partial charge in [0.1, 0.15) is 0 Å². The first kappa shape index (κ1) is 14.1. The van der Waals surface area contributed by atoms with E-state index in [1.165, 1.54) is 12.8 Å². The minimum Gasteiger partial charge on any atom is -0.314 e. The third-order valence-electron chi connectivity index (χ3n) is 3.95. The zero-order valence-corrected chi connectivity index (χ0v) is 11.0. The molecule has 2 aliphatic rings. The van der Waals surface area contributed by atoms with E-state index < -0.39 is 12.1 Å². The molecule has 1 N–H and O–H groups in total. The lowest BCUT2D eigenvalue weighted by molar-refractivity contribution is -0.185. The van der Waals surface area contributed by atoms with Crippen molar-refractivity contribution in [3.63, 3.8) is 0 Å². The molecule has 1 atom stereocenters. The molecule has 0 aromatic carbocycles. The second-order valence-electron chi connectivity index (χ2n) is 5.90. The summed E-state index contributed by atoms with van der Waals surface area (Å²) in [6.45, 7) is 5.27. The number of alkyl halides is 3. The SMILES string of the molecule is CC(CNC1CC1)CN1CCC(C(F)(F)F)CC1. The van der Waals surface area contributed by atoms with Gasteiger partial charge in [-0.1, -0.05) is 6.92 Å². The Bertz CT molecular complexity index is 255. The van der Waals surface area contributed by atoms with Crippen LogP contribution in [0.15, 0.2) is 0 Å². The van der Waals surface area contributed by atoms with Crippen LogP contribution in [0, 0.1) is 11.8 Å². The Balaban J connectivity index is 1.63. The van der Waals surface area contributed by atoms with Crippen LogP contribution in [0.5, 0.6) is 0 Å². The van der Waals surface area contributed by atoms with E-state index in [0.717, 1.165) is 13.1 Å². The molecule has 1 saturated carbocycles. The maximum atomic E-state index is 12.5. The molecule has 5 heteroatoms. The molecule has 18 heavy (non-hydrogen) atoms. The molecule has 1 saturated heterocycles. The van der Waals surface area contributed by atoms with Crippen LogP contribution in [0.4, 0.5) is 13.2 Å². The van der Waals surface area contributed by atoms with Gasteiger partial charge in [0.05, 0.1) is 5.92 Å². The van der Waals surface area contributed by atoms with E-state index in [-0.39, 0.29) is 12.8 Å². The fraction of sp³-hybridized carbons (Fsp3) is 1.00. The van der Waals surface area contributed by atoms with Crippen molar-refractivity contribution in [1.29, 1.82) is 0 Å². The molecule has 1 aliphatic heterocycles. The van der Waals surface area contributed by atoms with Gasteiger partial charge in [-0.15, -0.1) is 0 Å². The van der Waals surface area contributed by atoms with Crippen LogP contribution in [0.1, 0.15) is 32.6 Å². The van der Waals surface area contributed by atoms with Gasteiger partial charge in [0, 0.05) is 12.6 Å². The van der Waals surface area contributed by atoms with Crippen molar-refractivity contribution in [3.05, 3.63) is 0 Å². The quantitative estimate of drug-likeness (QED) is 0.821. The highest BCUT2D eigenvalue weighted by Gasteiger charge is 2.41. The van der Waals surface area contributed by atoms with Crippen molar-refractivity contribution in [3.8, 4) is 0 Å². The van der Waals surface area contributed by atoms with Crippen LogP contribution in [0.25, 0.3) is 0 Å². The predicted molar refractivity (Wildman–Crippen MR) is 65.4 cm³/mol. The van der Waals surface area contributed by atoms with Gasteiger partial charge in [-0.2, -0.15) is 13.2 Å². The van der Waals surface area contributed by atoms with E-state index in [9.17, 15) is 13.2 Å². The van der Waals surface area contributed by atoms with Crippen LogP contribution in [-0.4, -0.2) is 43.3 Å². The highest BCUT2D eigenvalue weighted by Crippen LogP contribution is 2.34. The molecule has 2 nitrogen and oxygen atoms in total. The van der Waals surface area contributed by atoms with Crippen molar-refractivity contribution in [2.45, 2.75) is 44.8 Å². The molecule has 1 aliphatic carbocycles. The van der Waals surface area contributed by atoms with Crippen LogP contribution < -0.4 is 5.32 Å². The number of hydrogen-bond acceptors (Lipinski definition) is 2. The van der Waals surface area contributed by atoms with Gasteiger partial charge in [0.25, 0.3) is 0 Å². The molecule has 1 unspecified atom stereocenters. The molecule has 106 valence electrons. The number of nitrogens with one attached hydrogen (secondary N) is 1. The molecule has 0 aromatic rings. The van der Waals surface area contributed by atoms with Crippen molar-refractivity contribution in [2.24, 2.45) is 11.8 Å². The molecule has 0 amide bonds. The summed E-state index contributed by atoms with van der Waals surface area (Å²) in [5.74, 6) is -0.554. The highest BCUT2D eigenvalue weighted by atomic mass is 19.4. The summed E-state index contributed by atoms with van der Waals surface area (Å²) in [5, 5.41) is 3.47. The Morgan fingerprint density at radius 3 is 2.28 bits per heavy atom. The monoisotopic (exact) mass is 264 g/mol. The summed E-state index contributed by atoms with van der Waals surface area (Å²) in [4.78, 5) is 2.18. The fourth-order valence-corrected chi connectivity index (χ4v) is 2.60. The van der Waals surface area contributed by atoms with E-state index >= 15 is 0 Å². The van der Waals surface area contributed by atoms with Crippen LogP contribution >= 0.6 is 0 Å². The molecular formula is C13H23F3N2. The molecule has 1 heterocycles. The smallest absolute Gasteiger partial charge is 0.314 e. The maximum absolute atomic E-state index is 12.5. The Kier molecular flexibility index (Phi) is 4.54. The van der Waals surface area contributed by atoms with Gasteiger partial charge in [-0.25, -0.2) is 0 Å². The summed E-state index contributed by atoms with van der Waals surface area (Å²) >= 11 is 0. The van der Waals surface area contributed by atoms with Gasteiger partial charge in [0.15, 0.2) is 0 Å². The Labute approximate surface area is 107 Å². The minimum absolute atomic E-state index is 0.270. The first-order valence-corrected chi connectivity index (χ1v) is 6.97. The second kappa shape index (κ2) is 5.78. The highest BCUT2D eigenvalue weighted by molar-refractivity contribution is 4.82. The fourth-order valence-electron chi connectivity index (χ4n) is 2.60. The third-order valence-corrected chi connectivity index (χ3v) is 3.95. The molecule has 0 aromatic heterocycles. The van der Waals surface area contributed by atoms with E-state index in [0.29, 0.717) is 25.0 Å². The predicted octanol–water partition coefficient (Wildman–Crippen LogP) is 2.65. The lowest BCUT2D eigenvalue weighted by Gasteiger charge is -2.34. The second-order valence-corrected chi connectivity index (χ2v) is 5.90. The van der Waals surface area contributed by atoms with Crippen LogP contribution in [-0.2, 0) is 0 Å². The third kappa shape index (κ3) is 4.43. The first-order valence-electron chi connectivity index (χ1n) is 6.97. The Morgan fingerprint density at radius 2 is 1.78 bits per heavy atom. The Hall–Kier alpha value is -0.290. The number of likely N-dealkylation sites (tertiary alicyclic amines) is 1. The summed E-state index contributed by atoms with van der Waals surface area (Å²) in [7, 11) is 0. The lowest BCUT2D eigenvalue weighted by Crippen LogP contribution is -2.42. The number of rotatable bonds is 5. The van der Waals surface area contributed by atoms with E-state index in [2.05, 4.69) is 17.1 Å².